The first-order valence-corrected chi connectivity index (χ1v) is 7.60. The van der Waals surface area contributed by atoms with Crippen molar-refractivity contribution in [2.75, 3.05) is 6.54 Å². The van der Waals surface area contributed by atoms with Gasteiger partial charge in [-0.15, -0.1) is 0 Å². The summed E-state index contributed by atoms with van der Waals surface area (Å²) >= 11 is 0. The molecular weight excluding hydrogens is 222 g/mol. The van der Waals surface area contributed by atoms with Crippen LogP contribution in [0.25, 0.3) is 0 Å². The van der Waals surface area contributed by atoms with Gasteiger partial charge in [0.1, 0.15) is 5.82 Å². The molecule has 2 saturated carbocycles. The number of hydrogen-bond acceptors (Lipinski definition) is 2. The van der Waals surface area contributed by atoms with Crippen molar-refractivity contribution in [2.24, 2.45) is 5.41 Å². The number of rotatable bonds is 4. The summed E-state index contributed by atoms with van der Waals surface area (Å²) in [6.07, 6.45) is 8.10. The van der Waals surface area contributed by atoms with E-state index in [9.17, 15) is 0 Å². The number of imidazole rings is 1. The van der Waals surface area contributed by atoms with Crippen LogP contribution in [0.5, 0.6) is 0 Å². The average molecular weight is 245 g/mol. The summed E-state index contributed by atoms with van der Waals surface area (Å²) in [4.78, 5) is 4.96. The lowest BCUT2D eigenvalue weighted by atomic mass is 10.0. The van der Waals surface area contributed by atoms with E-state index in [1.54, 1.807) is 5.69 Å². The molecular formula is C15H23N3. The first kappa shape index (κ1) is 11.0. The molecule has 0 unspecified atom stereocenters. The molecule has 18 heavy (non-hydrogen) atoms. The van der Waals surface area contributed by atoms with Crippen molar-refractivity contribution in [3.05, 3.63) is 17.2 Å². The molecule has 0 saturated heterocycles. The van der Waals surface area contributed by atoms with E-state index in [1.807, 2.05) is 0 Å². The van der Waals surface area contributed by atoms with Gasteiger partial charge >= 0.3 is 0 Å². The molecule has 3 aliphatic rings. The zero-order valence-corrected chi connectivity index (χ0v) is 11.3. The van der Waals surface area contributed by atoms with Gasteiger partial charge in [-0.25, -0.2) is 4.98 Å². The van der Waals surface area contributed by atoms with Gasteiger partial charge in [0, 0.05) is 37.7 Å². The summed E-state index contributed by atoms with van der Waals surface area (Å²) in [5, 5.41) is 3.46. The third-order valence-corrected chi connectivity index (χ3v) is 5.16. The number of nitrogens with zero attached hydrogens (tertiary/aromatic N) is 2. The summed E-state index contributed by atoms with van der Waals surface area (Å²) in [6, 6.07) is 0. The van der Waals surface area contributed by atoms with Gasteiger partial charge in [0.15, 0.2) is 0 Å². The summed E-state index contributed by atoms with van der Waals surface area (Å²) in [6.45, 7) is 5.72. The zero-order chi connectivity index (χ0) is 12.2. The van der Waals surface area contributed by atoms with E-state index < -0.39 is 0 Å². The lowest BCUT2D eigenvalue weighted by molar-refractivity contribution is 0.391. The van der Waals surface area contributed by atoms with Gasteiger partial charge < -0.3 is 9.88 Å². The molecule has 2 heterocycles. The molecule has 1 aliphatic heterocycles. The van der Waals surface area contributed by atoms with E-state index in [0.29, 0.717) is 5.41 Å². The summed E-state index contributed by atoms with van der Waals surface area (Å²) < 4.78 is 2.63. The Labute approximate surface area is 109 Å². The normalized spacial score (nSPS) is 24.9. The van der Waals surface area contributed by atoms with Crippen molar-refractivity contribution in [3.63, 3.8) is 0 Å². The largest absolute Gasteiger partial charge is 0.331 e. The molecule has 0 atom stereocenters. The van der Waals surface area contributed by atoms with Crippen molar-refractivity contribution in [3.8, 4) is 0 Å². The Hall–Kier alpha value is -0.830. The quantitative estimate of drug-likeness (QED) is 0.883. The standard InChI is InChI=1S/C15H23N3/c1-2-15(6-7-15)10-18-13-5-8-16-9-12(13)17-14(18)11-3-4-11/h11,16H,2-10H2,1H3. The highest BCUT2D eigenvalue weighted by atomic mass is 15.1. The van der Waals surface area contributed by atoms with Crippen LogP contribution >= 0.6 is 0 Å². The molecule has 1 aromatic heterocycles. The fourth-order valence-electron chi connectivity index (χ4n) is 3.36. The van der Waals surface area contributed by atoms with Gasteiger partial charge in [-0.2, -0.15) is 0 Å². The molecule has 0 aromatic carbocycles. The molecule has 0 spiro atoms. The first-order chi connectivity index (χ1) is 8.81. The smallest absolute Gasteiger partial charge is 0.112 e. The predicted octanol–water partition coefficient (Wildman–Crippen LogP) is 2.60. The second-order valence-electron chi connectivity index (χ2n) is 6.50. The highest BCUT2D eigenvalue weighted by Gasteiger charge is 2.43. The third kappa shape index (κ3) is 1.71. The van der Waals surface area contributed by atoms with Gasteiger partial charge in [-0.1, -0.05) is 6.92 Å². The van der Waals surface area contributed by atoms with Gasteiger partial charge in [0.2, 0.25) is 0 Å². The van der Waals surface area contributed by atoms with E-state index >= 15 is 0 Å². The Morgan fingerprint density at radius 1 is 1.39 bits per heavy atom. The molecule has 1 aromatic rings. The number of aromatic nitrogens is 2. The highest BCUT2D eigenvalue weighted by molar-refractivity contribution is 5.24. The van der Waals surface area contributed by atoms with Gasteiger partial charge in [0.05, 0.1) is 5.69 Å². The Bertz CT molecular complexity index is 466. The van der Waals surface area contributed by atoms with E-state index in [-0.39, 0.29) is 0 Å². The molecule has 3 nitrogen and oxygen atoms in total. The first-order valence-electron chi connectivity index (χ1n) is 7.60. The fraction of sp³-hybridized carbons (Fsp3) is 0.800. The summed E-state index contributed by atoms with van der Waals surface area (Å²) in [7, 11) is 0. The van der Waals surface area contributed by atoms with Crippen LogP contribution in [-0.4, -0.2) is 16.1 Å². The van der Waals surface area contributed by atoms with Crippen LogP contribution in [0.1, 0.15) is 62.2 Å². The van der Waals surface area contributed by atoms with Crippen LogP contribution in [0.4, 0.5) is 0 Å². The number of nitrogens with one attached hydrogen (secondary N) is 1. The zero-order valence-electron chi connectivity index (χ0n) is 11.3. The number of fused-ring (bicyclic) bond motifs is 1. The van der Waals surface area contributed by atoms with Crippen LogP contribution in [0.3, 0.4) is 0 Å². The summed E-state index contributed by atoms with van der Waals surface area (Å²) in [5.74, 6) is 2.20. The Balaban J connectivity index is 1.72. The van der Waals surface area contributed by atoms with Crippen molar-refractivity contribution in [1.29, 1.82) is 0 Å². The fourth-order valence-corrected chi connectivity index (χ4v) is 3.36. The summed E-state index contributed by atoms with van der Waals surface area (Å²) in [5.41, 5.74) is 3.52. The van der Waals surface area contributed by atoms with Crippen LogP contribution in [-0.2, 0) is 19.5 Å². The average Bonchev–Trinajstić information content (AvgIpc) is 3.31. The topological polar surface area (TPSA) is 29.9 Å². The molecule has 0 bridgehead atoms. The lowest BCUT2D eigenvalue weighted by Crippen LogP contribution is -2.26. The predicted molar refractivity (Wildman–Crippen MR) is 71.6 cm³/mol. The lowest BCUT2D eigenvalue weighted by Gasteiger charge is -2.20. The Morgan fingerprint density at radius 2 is 2.22 bits per heavy atom. The Kier molecular flexibility index (Phi) is 2.35. The molecule has 3 heteroatoms. The van der Waals surface area contributed by atoms with Crippen LogP contribution in [0, 0.1) is 5.41 Å². The minimum atomic E-state index is 0.628. The minimum Gasteiger partial charge on any atom is -0.331 e. The van der Waals surface area contributed by atoms with Crippen molar-refractivity contribution >= 4 is 0 Å². The SMILES string of the molecule is CCC1(Cn2c(C3CC3)nc3c2CCNC3)CC1. The second-order valence-corrected chi connectivity index (χ2v) is 6.50. The molecule has 2 fully saturated rings. The molecule has 98 valence electrons. The highest BCUT2D eigenvalue weighted by Crippen LogP contribution is 2.51. The van der Waals surface area contributed by atoms with Crippen molar-refractivity contribution in [1.82, 2.24) is 14.9 Å². The van der Waals surface area contributed by atoms with Crippen LogP contribution in [0.2, 0.25) is 0 Å². The molecule has 2 aliphatic carbocycles. The van der Waals surface area contributed by atoms with Crippen LogP contribution < -0.4 is 5.32 Å². The molecule has 0 radical (unpaired) electrons. The molecule has 1 N–H and O–H groups in total. The third-order valence-electron chi connectivity index (χ3n) is 5.16. The second kappa shape index (κ2) is 3.83. The van der Waals surface area contributed by atoms with Gasteiger partial charge in [0.25, 0.3) is 0 Å². The van der Waals surface area contributed by atoms with Crippen LogP contribution in [0.15, 0.2) is 0 Å². The van der Waals surface area contributed by atoms with Crippen molar-refractivity contribution in [2.45, 2.75) is 64.5 Å². The maximum absolute atomic E-state index is 4.96. The monoisotopic (exact) mass is 245 g/mol. The maximum atomic E-state index is 4.96. The molecule has 0 amide bonds. The minimum absolute atomic E-state index is 0.628. The van der Waals surface area contributed by atoms with E-state index in [2.05, 4.69) is 16.8 Å². The molecule has 4 rings (SSSR count). The maximum Gasteiger partial charge on any atom is 0.112 e. The van der Waals surface area contributed by atoms with E-state index in [1.165, 1.54) is 56.6 Å². The van der Waals surface area contributed by atoms with E-state index in [4.69, 9.17) is 4.98 Å². The van der Waals surface area contributed by atoms with Gasteiger partial charge in [-0.3, -0.25) is 0 Å². The number of hydrogen-bond donors (Lipinski definition) is 1. The van der Waals surface area contributed by atoms with E-state index in [0.717, 1.165) is 19.0 Å². The van der Waals surface area contributed by atoms with Gasteiger partial charge in [-0.05, 0) is 37.5 Å². The van der Waals surface area contributed by atoms with Crippen molar-refractivity contribution < 1.29 is 0 Å². The Morgan fingerprint density at radius 3 is 2.89 bits per heavy atom.